The van der Waals surface area contributed by atoms with Crippen LogP contribution < -0.4 is 10.6 Å². The van der Waals surface area contributed by atoms with Gasteiger partial charge in [0.05, 0.1) is 12.6 Å². The van der Waals surface area contributed by atoms with Gasteiger partial charge in [-0.15, -0.1) is 24.0 Å². The highest BCUT2D eigenvalue weighted by Crippen LogP contribution is 2.20. The molecule has 1 amide bonds. The molecule has 31 heavy (non-hydrogen) atoms. The molecule has 2 aliphatic rings. The number of likely N-dealkylation sites (tertiary alicyclic amines) is 1. The van der Waals surface area contributed by atoms with Gasteiger partial charge in [-0.05, 0) is 43.7 Å². The molecular formula is C24H39IN4O2. The molecule has 2 N–H and O–H groups in total. The van der Waals surface area contributed by atoms with Gasteiger partial charge in [0.15, 0.2) is 5.96 Å². The van der Waals surface area contributed by atoms with E-state index in [0.29, 0.717) is 25.6 Å². The SMILES string of the molecule is CCNC(=NCc1cccc(CN2CCCC2=O)c1)NCCCOC1CCCCC1.I. The van der Waals surface area contributed by atoms with Crippen LogP contribution in [0.5, 0.6) is 0 Å². The molecule has 6 nitrogen and oxygen atoms in total. The van der Waals surface area contributed by atoms with Gasteiger partial charge in [-0.25, -0.2) is 4.99 Å². The van der Waals surface area contributed by atoms with Gasteiger partial charge in [-0.2, -0.15) is 0 Å². The van der Waals surface area contributed by atoms with Gasteiger partial charge in [-0.1, -0.05) is 43.5 Å². The first-order valence-corrected chi connectivity index (χ1v) is 11.7. The fourth-order valence-corrected chi connectivity index (χ4v) is 4.19. The largest absolute Gasteiger partial charge is 0.378 e. The van der Waals surface area contributed by atoms with Crippen molar-refractivity contribution in [2.45, 2.75) is 77.5 Å². The van der Waals surface area contributed by atoms with Gasteiger partial charge in [0.2, 0.25) is 5.91 Å². The zero-order valence-corrected chi connectivity index (χ0v) is 21.2. The highest BCUT2D eigenvalue weighted by Gasteiger charge is 2.19. The fourth-order valence-electron chi connectivity index (χ4n) is 4.19. The van der Waals surface area contributed by atoms with Crippen molar-refractivity contribution in [1.82, 2.24) is 15.5 Å². The first kappa shape index (κ1) is 25.9. The summed E-state index contributed by atoms with van der Waals surface area (Å²) < 4.78 is 6.00. The molecule has 1 saturated heterocycles. The molecule has 1 aliphatic carbocycles. The van der Waals surface area contributed by atoms with Crippen LogP contribution in [-0.4, -0.2) is 49.1 Å². The lowest BCUT2D eigenvalue weighted by Crippen LogP contribution is -2.38. The number of hydrogen-bond acceptors (Lipinski definition) is 3. The molecule has 0 unspecified atom stereocenters. The fraction of sp³-hybridized carbons (Fsp3) is 0.667. The number of carbonyl (C=O) groups is 1. The molecule has 1 saturated carbocycles. The molecule has 0 atom stereocenters. The molecule has 0 spiro atoms. The molecule has 2 fully saturated rings. The van der Waals surface area contributed by atoms with Crippen LogP contribution in [0.1, 0.15) is 69.4 Å². The molecule has 3 rings (SSSR count). The van der Waals surface area contributed by atoms with Gasteiger partial charge in [0.1, 0.15) is 0 Å². The second kappa shape index (κ2) is 14.7. The number of rotatable bonds is 10. The summed E-state index contributed by atoms with van der Waals surface area (Å²) in [6.07, 6.45) is 9.57. The summed E-state index contributed by atoms with van der Waals surface area (Å²) in [5, 5.41) is 6.73. The Morgan fingerprint density at radius 1 is 1.16 bits per heavy atom. The number of carbonyl (C=O) groups excluding carboxylic acids is 1. The summed E-state index contributed by atoms with van der Waals surface area (Å²) in [6, 6.07) is 8.41. The van der Waals surface area contributed by atoms with Crippen molar-refractivity contribution in [2.24, 2.45) is 4.99 Å². The number of guanidine groups is 1. The van der Waals surface area contributed by atoms with E-state index in [1.54, 1.807) is 0 Å². The highest BCUT2D eigenvalue weighted by atomic mass is 127. The van der Waals surface area contributed by atoms with E-state index in [4.69, 9.17) is 9.73 Å². The van der Waals surface area contributed by atoms with Crippen LogP contribution in [0.15, 0.2) is 29.3 Å². The lowest BCUT2D eigenvalue weighted by Gasteiger charge is -2.22. The van der Waals surface area contributed by atoms with Crippen LogP contribution in [0, 0.1) is 0 Å². The monoisotopic (exact) mass is 542 g/mol. The van der Waals surface area contributed by atoms with E-state index in [1.807, 2.05) is 4.90 Å². The van der Waals surface area contributed by atoms with E-state index in [2.05, 4.69) is 41.8 Å². The maximum atomic E-state index is 11.9. The Morgan fingerprint density at radius 3 is 2.71 bits per heavy atom. The second-order valence-corrected chi connectivity index (χ2v) is 8.35. The topological polar surface area (TPSA) is 66.0 Å². The predicted molar refractivity (Wildman–Crippen MR) is 137 cm³/mol. The molecule has 7 heteroatoms. The number of benzene rings is 1. The molecule has 0 bridgehead atoms. The van der Waals surface area contributed by atoms with E-state index >= 15 is 0 Å². The number of amides is 1. The van der Waals surface area contributed by atoms with Gasteiger partial charge in [0.25, 0.3) is 0 Å². The Kier molecular flexibility index (Phi) is 12.3. The van der Waals surface area contributed by atoms with Crippen molar-refractivity contribution in [1.29, 1.82) is 0 Å². The third-order valence-electron chi connectivity index (χ3n) is 5.82. The van der Waals surface area contributed by atoms with Gasteiger partial charge in [-0.3, -0.25) is 4.79 Å². The second-order valence-electron chi connectivity index (χ2n) is 8.35. The Bertz CT molecular complexity index is 692. The van der Waals surface area contributed by atoms with Crippen molar-refractivity contribution in [3.63, 3.8) is 0 Å². The standard InChI is InChI=1S/C24H38N4O2.HI/c1-2-25-24(26-14-8-16-30-22-11-4-3-5-12-22)27-18-20-9-6-10-21(17-20)19-28-15-7-13-23(28)29;/h6,9-10,17,22H,2-5,7-8,11-16,18-19H2,1H3,(H2,25,26,27);1H. The first-order valence-electron chi connectivity index (χ1n) is 11.7. The van der Waals surface area contributed by atoms with Crippen LogP contribution in [0.4, 0.5) is 0 Å². The minimum Gasteiger partial charge on any atom is -0.378 e. The Hall–Kier alpha value is -1.35. The van der Waals surface area contributed by atoms with Crippen molar-refractivity contribution >= 4 is 35.8 Å². The first-order chi connectivity index (χ1) is 14.7. The Labute approximate surface area is 204 Å². The third-order valence-corrected chi connectivity index (χ3v) is 5.82. The van der Waals surface area contributed by atoms with E-state index in [0.717, 1.165) is 50.6 Å². The van der Waals surface area contributed by atoms with Crippen LogP contribution in [0.2, 0.25) is 0 Å². The lowest BCUT2D eigenvalue weighted by atomic mass is 9.98. The average Bonchev–Trinajstić information content (AvgIpc) is 3.17. The maximum absolute atomic E-state index is 11.9. The summed E-state index contributed by atoms with van der Waals surface area (Å²) in [5.41, 5.74) is 2.34. The molecule has 0 aromatic heterocycles. The number of hydrogen-bond donors (Lipinski definition) is 2. The molecular weight excluding hydrogens is 503 g/mol. The summed E-state index contributed by atoms with van der Waals surface area (Å²) in [6.45, 7) is 6.79. The van der Waals surface area contributed by atoms with Crippen LogP contribution in [-0.2, 0) is 22.6 Å². The van der Waals surface area contributed by atoms with Crippen molar-refractivity contribution in [3.8, 4) is 0 Å². The van der Waals surface area contributed by atoms with E-state index in [9.17, 15) is 4.79 Å². The maximum Gasteiger partial charge on any atom is 0.222 e. The normalized spacial score (nSPS) is 17.5. The lowest BCUT2D eigenvalue weighted by molar-refractivity contribution is -0.128. The van der Waals surface area contributed by atoms with Crippen LogP contribution in [0.3, 0.4) is 0 Å². The molecule has 1 aliphatic heterocycles. The van der Waals surface area contributed by atoms with E-state index < -0.39 is 0 Å². The zero-order chi connectivity index (χ0) is 21.0. The number of nitrogens with one attached hydrogen (secondary N) is 2. The minimum atomic E-state index is 0. The van der Waals surface area contributed by atoms with Gasteiger partial charge in [0, 0.05) is 39.2 Å². The van der Waals surface area contributed by atoms with E-state index in [-0.39, 0.29) is 29.9 Å². The summed E-state index contributed by atoms with van der Waals surface area (Å²) in [5.74, 6) is 1.11. The molecule has 1 heterocycles. The van der Waals surface area contributed by atoms with Gasteiger partial charge < -0.3 is 20.3 Å². The van der Waals surface area contributed by atoms with Crippen molar-refractivity contribution < 1.29 is 9.53 Å². The minimum absolute atomic E-state index is 0. The zero-order valence-electron chi connectivity index (χ0n) is 18.9. The smallest absolute Gasteiger partial charge is 0.222 e. The number of aliphatic imine (C=N–C) groups is 1. The predicted octanol–water partition coefficient (Wildman–Crippen LogP) is 4.22. The summed E-state index contributed by atoms with van der Waals surface area (Å²) in [7, 11) is 0. The quantitative estimate of drug-likeness (QED) is 0.201. The third kappa shape index (κ3) is 9.35. The van der Waals surface area contributed by atoms with Crippen LogP contribution >= 0.6 is 24.0 Å². The van der Waals surface area contributed by atoms with Crippen LogP contribution in [0.25, 0.3) is 0 Å². The Morgan fingerprint density at radius 2 is 1.97 bits per heavy atom. The van der Waals surface area contributed by atoms with E-state index in [1.165, 1.54) is 37.7 Å². The number of halogens is 1. The average molecular weight is 543 g/mol. The summed E-state index contributed by atoms with van der Waals surface area (Å²) >= 11 is 0. The molecule has 1 aromatic carbocycles. The molecule has 174 valence electrons. The molecule has 1 aromatic rings. The Balaban J connectivity index is 0.00000341. The number of nitrogens with zero attached hydrogens (tertiary/aromatic N) is 2. The van der Waals surface area contributed by atoms with Crippen molar-refractivity contribution in [2.75, 3.05) is 26.2 Å². The molecule has 0 radical (unpaired) electrons. The highest BCUT2D eigenvalue weighted by molar-refractivity contribution is 14.0. The van der Waals surface area contributed by atoms with Crippen molar-refractivity contribution in [3.05, 3.63) is 35.4 Å². The van der Waals surface area contributed by atoms with Gasteiger partial charge >= 0.3 is 0 Å². The summed E-state index contributed by atoms with van der Waals surface area (Å²) in [4.78, 5) is 18.5. The number of ether oxygens (including phenoxy) is 1.